The predicted molar refractivity (Wildman–Crippen MR) is 44.0 cm³/mol. The summed E-state index contributed by atoms with van der Waals surface area (Å²) in [6.07, 6.45) is 0.406. The Bertz CT molecular complexity index is 334. The van der Waals surface area contributed by atoms with Gasteiger partial charge in [-0.05, 0) is 0 Å². The SMILES string of the molecule is NC1=N[C@@H]2NC(=O)C=N[C@H]2C(=O)N1. The van der Waals surface area contributed by atoms with Crippen LogP contribution in [-0.4, -0.2) is 36.2 Å². The van der Waals surface area contributed by atoms with Gasteiger partial charge in [-0.25, -0.2) is 4.99 Å². The van der Waals surface area contributed by atoms with Crippen molar-refractivity contribution in [3.05, 3.63) is 0 Å². The smallest absolute Gasteiger partial charge is 0.263 e. The minimum Gasteiger partial charge on any atom is -0.370 e. The molecular weight excluding hydrogens is 174 g/mol. The van der Waals surface area contributed by atoms with Crippen molar-refractivity contribution in [3.63, 3.8) is 0 Å². The summed E-state index contributed by atoms with van der Waals surface area (Å²) >= 11 is 0. The molecule has 0 bridgehead atoms. The van der Waals surface area contributed by atoms with E-state index in [1.54, 1.807) is 0 Å². The Balaban J connectivity index is 2.33. The van der Waals surface area contributed by atoms with Crippen LogP contribution in [0.25, 0.3) is 0 Å². The standard InChI is InChI=1S/C6H7N5O2/c7-6-10-4-3(5(13)11-6)8-1-2(12)9-4/h1,3-4H,(H,9,12)(H3,7,10,11,13)/t3-,4+/m1/s1. The van der Waals surface area contributed by atoms with Gasteiger partial charge in [0.15, 0.2) is 18.2 Å². The van der Waals surface area contributed by atoms with E-state index in [-0.39, 0.29) is 17.8 Å². The summed E-state index contributed by atoms with van der Waals surface area (Å²) < 4.78 is 0. The minimum atomic E-state index is -0.690. The Morgan fingerprint density at radius 1 is 1.46 bits per heavy atom. The van der Waals surface area contributed by atoms with E-state index in [0.29, 0.717) is 0 Å². The highest BCUT2D eigenvalue weighted by atomic mass is 16.2. The Hall–Kier alpha value is -1.92. The van der Waals surface area contributed by atoms with Gasteiger partial charge in [-0.3, -0.25) is 19.9 Å². The van der Waals surface area contributed by atoms with E-state index >= 15 is 0 Å². The number of carbonyl (C=O) groups is 2. The molecule has 2 heterocycles. The second-order valence-electron chi connectivity index (χ2n) is 2.68. The van der Waals surface area contributed by atoms with Gasteiger partial charge in [0.05, 0.1) is 6.21 Å². The lowest BCUT2D eigenvalue weighted by Crippen LogP contribution is -2.59. The van der Waals surface area contributed by atoms with Gasteiger partial charge >= 0.3 is 0 Å². The molecule has 0 aromatic carbocycles. The number of hydrogen-bond donors (Lipinski definition) is 3. The second-order valence-corrected chi connectivity index (χ2v) is 2.68. The van der Waals surface area contributed by atoms with Gasteiger partial charge in [-0.1, -0.05) is 0 Å². The van der Waals surface area contributed by atoms with E-state index in [4.69, 9.17) is 5.73 Å². The van der Waals surface area contributed by atoms with Crippen molar-refractivity contribution in [1.29, 1.82) is 0 Å². The van der Waals surface area contributed by atoms with E-state index in [0.717, 1.165) is 6.21 Å². The van der Waals surface area contributed by atoms with Gasteiger partial charge in [-0.15, -0.1) is 0 Å². The van der Waals surface area contributed by atoms with Crippen LogP contribution >= 0.6 is 0 Å². The first-order chi connectivity index (χ1) is 6.16. The van der Waals surface area contributed by atoms with Crippen molar-refractivity contribution in [2.24, 2.45) is 15.7 Å². The summed E-state index contributed by atoms with van der Waals surface area (Å²) in [6.45, 7) is 0. The summed E-state index contributed by atoms with van der Waals surface area (Å²) in [6, 6.07) is -0.690. The second kappa shape index (κ2) is 2.54. The summed E-state index contributed by atoms with van der Waals surface area (Å²) in [5, 5.41) is 4.78. The lowest BCUT2D eigenvalue weighted by Gasteiger charge is -2.27. The largest absolute Gasteiger partial charge is 0.370 e. The van der Waals surface area contributed by atoms with Crippen LogP contribution in [0, 0.1) is 0 Å². The molecule has 0 aliphatic carbocycles. The molecule has 2 aliphatic heterocycles. The fourth-order valence-electron chi connectivity index (χ4n) is 1.19. The maximum Gasteiger partial charge on any atom is 0.263 e. The van der Waals surface area contributed by atoms with Crippen LogP contribution in [-0.2, 0) is 9.59 Å². The van der Waals surface area contributed by atoms with E-state index in [1.807, 2.05) is 0 Å². The first kappa shape index (κ1) is 7.71. The van der Waals surface area contributed by atoms with Gasteiger partial charge in [0.1, 0.15) is 0 Å². The van der Waals surface area contributed by atoms with Crippen molar-refractivity contribution < 1.29 is 9.59 Å². The average Bonchev–Trinajstić information content (AvgIpc) is 2.02. The molecule has 0 aromatic rings. The molecule has 2 rings (SSSR count). The molecule has 7 heteroatoms. The number of carbonyl (C=O) groups excluding carboxylic acids is 2. The van der Waals surface area contributed by atoms with Crippen molar-refractivity contribution in [2.75, 3.05) is 0 Å². The Kier molecular flexibility index (Phi) is 1.51. The number of nitrogens with two attached hydrogens (primary N) is 1. The molecule has 2 atom stereocenters. The first-order valence-corrected chi connectivity index (χ1v) is 3.64. The maximum absolute atomic E-state index is 11.2. The number of hydrogen-bond acceptors (Lipinski definition) is 5. The van der Waals surface area contributed by atoms with Gasteiger partial charge in [0.2, 0.25) is 0 Å². The third-order valence-corrected chi connectivity index (χ3v) is 1.74. The molecule has 68 valence electrons. The zero-order valence-corrected chi connectivity index (χ0v) is 6.52. The summed E-state index contributed by atoms with van der Waals surface area (Å²) in [7, 11) is 0. The number of guanidine groups is 1. The molecule has 7 nitrogen and oxygen atoms in total. The van der Waals surface area contributed by atoms with Gasteiger partial charge in [0, 0.05) is 0 Å². The normalized spacial score (nSPS) is 31.5. The highest BCUT2D eigenvalue weighted by molar-refractivity contribution is 6.27. The van der Waals surface area contributed by atoms with Crippen LogP contribution in [0.3, 0.4) is 0 Å². The monoisotopic (exact) mass is 181 g/mol. The summed E-state index contributed by atoms with van der Waals surface area (Å²) in [4.78, 5) is 29.6. The fraction of sp³-hybridized carbons (Fsp3) is 0.333. The molecule has 0 saturated carbocycles. The van der Waals surface area contributed by atoms with E-state index in [2.05, 4.69) is 20.6 Å². The van der Waals surface area contributed by atoms with Gasteiger partial charge in [0.25, 0.3) is 11.8 Å². The highest BCUT2D eigenvalue weighted by Gasteiger charge is 2.35. The zero-order valence-electron chi connectivity index (χ0n) is 6.52. The Morgan fingerprint density at radius 2 is 2.23 bits per heavy atom. The number of nitrogens with one attached hydrogen (secondary N) is 2. The van der Waals surface area contributed by atoms with Crippen LogP contribution in [0.1, 0.15) is 0 Å². The number of amides is 2. The predicted octanol–water partition coefficient (Wildman–Crippen LogP) is -2.67. The molecule has 2 amide bonds. The molecule has 2 aliphatic rings. The third-order valence-electron chi connectivity index (χ3n) is 1.74. The molecule has 13 heavy (non-hydrogen) atoms. The van der Waals surface area contributed by atoms with Crippen LogP contribution in [0.2, 0.25) is 0 Å². The average molecular weight is 181 g/mol. The van der Waals surface area contributed by atoms with Crippen molar-refractivity contribution in [2.45, 2.75) is 12.2 Å². The number of rotatable bonds is 0. The van der Waals surface area contributed by atoms with Gasteiger partial charge < -0.3 is 11.1 Å². The number of aliphatic imine (C=N–C) groups is 2. The van der Waals surface area contributed by atoms with E-state index in [1.165, 1.54) is 0 Å². The minimum absolute atomic E-state index is 0.00338. The zero-order chi connectivity index (χ0) is 9.42. The van der Waals surface area contributed by atoms with Crippen LogP contribution in [0.15, 0.2) is 9.98 Å². The van der Waals surface area contributed by atoms with Crippen molar-refractivity contribution >= 4 is 24.0 Å². The van der Waals surface area contributed by atoms with Crippen LogP contribution in [0.5, 0.6) is 0 Å². The molecule has 0 spiro atoms. The fourth-order valence-corrected chi connectivity index (χ4v) is 1.19. The lowest BCUT2D eigenvalue weighted by molar-refractivity contribution is -0.123. The van der Waals surface area contributed by atoms with Crippen LogP contribution in [0.4, 0.5) is 0 Å². The van der Waals surface area contributed by atoms with Crippen LogP contribution < -0.4 is 16.4 Å². The molecule has 0 radical (unpaired) electrons. The summed E-state index contributed by atoms with van der Waals surface area (Å²) in [5.41, 5.74) is 5.29. The van der Waals surface area contributed by atoms with Crippen molar-refractivity contribution in [1.82, 2.24) is 10.6 Å². The Labute approximate surface area is 73.1 Å². The molecule has 4 N–H and O–H groups in total. The quantitative estimate of drug-likeness (QED) is 0.379. The maximum atomic E-state index is 11.2. The summed E-state index contributed by atoms with van der Waals surface area (Å²) in [5.74, 6) is -0.718. The molecular formula is C6H7N5O2. The molecule has 0 saturated heterocycles. The number of nitrogens with zero attached hydrogens (tertiary/aromatic N) is 2. The van der Waals surface area contributed by atoms with E-state index in [9.17, 15) is 9.59 Å². The highest BCUT2D eigenvalue weighted by Crippen LogP contribution is 2.07. The lowest BCUT2D eigenvalue weighted by atomic mass is 10.1. The van der Waals surface area contributed by atoms with Crippen molar-refractivity contribution in [3.8, 4) is 0 Å². The number of fused-ring (bicyclic) bond motifs is 1. The molecule has 0 fully saturated rings. The third kappa shape index (κ3) is 1.24. The molecule has 0 aromatic heterocycles. The first-order valence-electron chi connectivity index (χ1n) is 3.64. The van der Waals surface area contributed by atoms with E-state index < -0.39 is 12.2 Å². The molecule has 0 unspecified atom stereocenters. The topological polar surface area (TPSA) is 109 Å². The Morgan fingerprint density at radius 3 is 3.00 bits per heavy atom. The van der Waals surface area contributed by atoms with Gasteiger partial charge in [-0.2, -0.15) is 0 Å².